The van der Waals surface area contributed by atoms with E-state index in [-0.39, 0.29) is 18.3 Å². The molecule has 0 amide bonds. The Hall–Kier alpha value is -1.83. The predicted octanol–water partition coefficient (Wildman–Crippen LogP) is 0.821. The van der Waals surface area contributed by atoms with Crippen LogP contribution in [-0.4, -0.2) is 39.0 Å². The fourth-order valence-corrected chi connectivity index (χ4v) is 2.43. The fourth-order valence-electron chi connectivity index (χ4n) is 2.43. The van der Waals surface area contributed by atoms with Gasteiger partial charge in [0.25, 0.3) is 0 Å². The van der Waals surface area contributed by atoms with Crippen molar-refractivity contribution >= 4 is 11.6 Å². The Morgan fingerprint density at radius 3 is 2.67 bits per heavy atom. The largest absolute Gasteiger partial charge is 0.396 e. The molecule has 0 aliphatic heterocycles. The molecule has 1 aliphatic rings. The van der Waals surface area contributed by atoms with E-state index in [2.05, 4.69) is 10.3 Å². The summed E-state index contributed by atoms with van der Waals surface area (Å²) < 4.78 is 28.7. The third kappa shape index (κ3) is 2.80. The first-order valence-electron chi connectivity index (χ1n) is 6.66. The number of hydrogen-bond donors (Lipinski definition) is 2. The molecule has 0 aromatic carbocycles. The first-order valence-corrected chi connectivity index (χ1v) is 6.66. The van der Waals surface area contributed by atoms with Crippen LogP contribution in [0.25, 0.3) is 0 Å². The zero-order chi connectivity index (χ0) is 15.8. The number of nitrogens with zero attached hydrogens (tertiary/aromatic N) is 2. The average molecular weight is 301 g/mol. The third-order valence-corrected chi connectivity index (χ3v) is 3.45. The minimum absolute atomic E-state index is 0.0426. The Bertz CT molecular complexity index is 601. The highest BCUT2D eigenvalue weighted by Crippen LogP contribution is 2.43. The van der Waals surface area contributed by atoms with Gasteiger partial charge < -0.3 is 10.4 Å². The zero-order valence-corrected chi connectivity index (χ0v) is 11.7. The van der Waals surface area contributed by atoms with Gasteiger partial charge in [0.2, 0.25) is 5.78 Å². The minimum atomic E-state index is -3.67. The van der Waals surface area contributed by atoms with Crippen molar-refractivity contribution in [2.45, 2.75) is 38.3 Å². The maximum Gasteiger partial charge on any atom is 0.349 e. The van der Waals surface area contributed by atoms with Gasteiger partial charge in [0.1, 0.15) is 11.9 Å². The summed E-state index contributed by atoms with van der Waals surface area (Å²) in [5, 5.41) is 11.9. The minimum Gasteiger partial charge on any atom is -0.396 e. The smallest absolute Gasteiger partial charge is 0.349 e. The lowest BCUT2D eigenvalue weighted by Gasteiger charge is -2.20. The van der Waals surface area contributed by atoms with Crippen molar-refractivity contribution in [3.05, 3.63) is 22.7 Å². The molecule has 0 saturated heterocycles. The average Bonchev–Trinajstić information content (AvgIpc) is 2.61. The highest BCUT2D eigenvalue weighted by atomic mass is 19.3. The second-order valence-electron chi connectivity index (χ2n) is 5.42. The molecule has 116 valence electrons. The van der Waals surface area contributed by atoms with Gasteiger partial charge in [-0.25, -0.2) is 4.79 Å². The molecule has 21 heavy (non-hydrogen) atoms. The van der Waals surface area contributed by atoms with Crippen LogP contribution in [0.15, 0.2) is 17.1 Å². The molecule has 1 fully saturated rings. The lowest BCUT2D eigenvalue weighted by molar-refractivity contribution is -0.145. The van der Waals surface area contributed by atoms with Crippen LogP contribution in [0.3, 0.4) is 0 Å². The number of ketones is 1. The van der Waals surface area contributed by atoms with Gasteiger partial charge in [-0.2, -0.15) is 13.8 Å². The number of carbonyl (C=O) groups excluding carboxylic acids is 1. The lowest BCUT2D eigenvalue weighted by Crippen LogP contribution is -2.38. The summed E-state index contributed by atoms with van der Waals surface area (Å²) in [6, 6.07) is -0.148. The molecular formula is C13H17F2N3O3. The summed E-state index contributed by atoms with van der Waals surface area (Å²) >= 11 is 0. The number of anilines is 1. The summed E-state index contributed by atoms with van der Waals surface area (Å²) in [7, 11) is 0. The molecule has 0 radical (unpaired) electrons. The number of rotatable bonds is 4. The normalized spacial score (nSPS) is 24.6. The van der Waals surface area contributed by atoms with Crippen molar-refractivity contribution in [1.29, 1.82) is 0 Å². The van der Waals surface area contributed by atoms with Crippen LogP contribution in [0.4, 0.5) is 14.6 Å². The molecule has 2 N–H and O–H groups in total. The number of Topliss-reactive ketones (excluding diaryl/α,β-unsaturated/α-hetero) is 1. The number of alkyl halides is 2. The molecule has 2 rings (SSSR count). The monoisotopic (exact) mass is 301 g/mol. The molecule has 1 aromatic heterocycles. The molecule has 1 heterocycles. The number of aliphatic hydroxyl groups is 1. The number of nitrogens with one attached hydrogen (secondary N) is 1. The van der Waals surface area contributed by atoms with Gasteiger partial charge in [-0.1, -0.05) is 0 Å². The first kappa shape index (κ1) is 15.6. The van der Waals surface area contributed by atoms with Gasteiger partial charge in [0, 0.05) is 18.2 Å². The Morgan fingerprint density at radius 1 is 1.52 bits per heavy atom. The maximum absolute atomic E-state index is 14.0. The first-order chi connectivity index (χ1) is 9.77. The van der Waals surface area contributed by atoms with Crippen LogP contribution in [0, 0.1) is 5.92 Å². The van der Waals surface area contributed by atoms with E-state index >= 15 is 0 Å². The molecular weight excluding hydrogens is 284 g/mol. The second kappa shape index (κ2) is 5.51. The van der Waals surface area contributed by atoms with Crippen molar-refractivity contribution in [2.75, 3.05) is 11.9 Å². The van der Waals surface area contributed by atoms with Crippen molar-refractivity contribution in [2.24, 2.45) is 5.92 Å². The molecule has 6 nitrogen and oxygen atoms in total. The standard InChI is InChI=1S/C13H17F2N3O3/c1-7(2)16-10-3-4-18(12(21)17-10)9-5-8(6-19)11(20)13(9,14)15/h3-4,7-9,19H,5-6H2,1-2H3,(H,16,17,21). The van der Waals surface area contributed by atoms with Gasteiger partial charge in [-0.05, 0) is 26.3 Å². The SMILES string of the molecule is CC(C)Nc1ccn(C2CC(CO)C(=O)C2(F)F)c(=O)n1. The van der Waals surface area contributed by atoms with Crippen molar-refractivity contribution < 1.29 is 18.7 Å². The van der Waals surface area contributed by atoms with Crippen LogP contribution < -0.4 is 11.0 Å². The summed E-state index contributed by atoms with van der Waals surface area (Å²) in [6.45, 7) is 3.05. The van der Waals surface area contributed by atoms with E-state index in [1.807, 2.05) is 13.8 Å². The molecule has 1 saturated carbocycles. The molecule has 1 aromatic rings. The summed E-state index contributed by atoms with van der Waals surface area (Å²) in [6.07, 6.45) is 0.923. The van der Waals surface area contributed by atoms with Gasteiger partial charge in [-0.3, -0.25) is 9.36 Å². The number of aromatic nitrogens is 2. The van der Waals surface area contributed by atoms with Gasteiger partial charge >= 0.3 is 11.6 Å². The summed E-state index contributed by atoms with van der Waals surface area (Å²) in [5.74, 6) is -5.86. The van der Waals surface area contributed by atoms with Crippen molar-refractivity contribution in [1.82, 2.24) is 9.55 Å². The molecule has 1 aliphatic carbocycles. The predicted molar refractivity (Wildman–Crippen MR) is 71.4 cm³/mol. The van der Waals surface area contributed by atoms with Gasteiger partial charge in [0.05, 0.1) is 6.61 Å². The molecule has 2 atom stereocenters. The van der Waals surface area contributed by atoms with Crippen LogP contribution in [0.2, 0.25) is 0 Å². The van der Waals surface area contributed by atoms with E-state index < -0.39 is 36.0 Å². The van der Waals surface area contributed by atoms with E-state index in [1.165, 1.54) is 12.3 Å². The van der Waals surface area contributed by atoms with E-state index in [1.54, 1.807) is 0 Å². The Kier molecular flexibility index (Phi) is 4.08. The van der Waals surface area contributed by atoms with Crippen molar-refractivity contribution in [3.8, 4) is 0 Å². The second-order valence-corrected chi connectivity index (χ2v) is 5.42. The zero-order valence-electron chi connectivity index (χ0n) is 11.7. The molecule has 0 spiro atoms. The van der Waals surface area contributed by atoms with Crippen LogP contribution >= 0.6 is 0 Å². The summed E-state index contributed by atoms with van der Waals surface area (Å²) in [4.78, 5) is 27.1. The van der Waals surface area contributed by atoms with E-state index in [4.69, 9.17) is 5.11 Å². The number of hydrogen-bond acceptors (Lipinski definition) is 5. The number of halogens is 2. The third-order valence-electron chi connectivity index (χ3n) is 3.45. The molecule has 8 heteroatoms. The maximum atomic E-state index is 14.0. The Labute approximate surface area is 119 Å². The fraction of sp³-hybridized carbons (Fsp3) is 0.615. The van der Waals surface area contributed by atoms with Crippen LogP contribution in [-0.2, 0) is 4.79 Å². The van der Waals surface area contributed by atoms with Crippen LogP contribution in [0.1, 0.15) is 26.3 Å². The van der Waals surface area contributed by atoms with E-state index in [0.29, 0.717) is 0 Å². The van der Waals surface area contributed by atoms with Crippen molar-refractivity contribution in [3.63, 3.8) is 0 Å². The topological polar surface area (TPSA) is 84.2 Å². The molecule has 0 bridgehead atoms. The van der Waals surface area contributed by atoms with Gasteiger partial charge in [-0.15, -0.1) is 0 Å². The highest BCUT2D eigenvalue weighted by Gasteiger charge is 2.57. The van der Waals surface area contributed by atoms with Crippen LogP contribution in [0.5, 0.6) is 0 Å². The summed E-state index contributed by atoms with van der Waals surface area (Å²) in [5.41, 5.74) is -0.850. The van der Waals surface area contributed by atoms with E-state index in [9.17, 15) is 18.4 Å². The number of aliphatic hydroxyl groups excluding tert-OH is 1. The lowest BCUT2D eigenvalue weighted by atomic mass is 10.1. The highest BCUT2D eigenvalue weighted by molar-refractivity contribution is 5.90. The number of carbonyl (C=O) groups is 1. The van der Waals surface area contributed by atoms with Gasteiger partial charge in [0.15, 0.2) is 0 Å². The Balaban J connectivity index is 2.34. The quantitative estimate of drug-likeness (QED) is 0.860. The Morgan fingerprint density at radius 2 is 2.19 bits per heavy atom. The molecule has 2 unspecified atom stereocenters. The van der Waals surface area contributed by atoms with E-state index in [0.717, 1.165) is 4.57 Å².